The molecule has 1 aliphatic heterocycles. The zero-order chi connectivity index (χ0) is 13.3. The lowest BCUT2D eigenvalue weighted by atomic mass is 9.84. The van der Waals surface area contributed by atoms with E-state index in [1.807, 2.05) is 23.1 Å². The zero-order valence-electron chi connectivity index (χ0n) is 10.7. The van der Waals surface area contributed by atoms with E-state index in [1.165, 1.54) is 6.42 Å². The smallest absolute Gasteiger partial charge is 0.255 e. The lowest BCUT2D eigenvalue weighted by Gasteiger charge is -2.38. The van der Waals surface area contributed by atoms with Gasteiger partial charge in [0.05, 0.1) is 5.56 Å². The summed E-state index contributed by atoms with van der Waals surface area (Å²) in [5.74, 6) is 0.146. The molecular weight excluding hydrogens is 405 g/mol. The molecular formula is C14H17BrINO. The van der Waals surface area contributed by atoms with E-state index in [0.29, 0.717) is 0 Å². The Hall–Kier alpha value is -0.100. The van der Waals surface area contributed by atoms with Gasteiger partial charge in [-0.2, -0.15) is 0 Å². The minimum atomic E-state index is 0.146. The molecule has 0 aliphatic carbocycles. The highest BCUT2D eigenvalue weighted by Crippen LogP contribution is 2.30. The van der Waals surface area contributed by atoms with Crippen molar-refractivity contribution in [3.8, 4) is 0 Å². The van der Waals surface area contributed by atoms with Crippen molar-refractivity contribution >= 4 is 44.4 Å². The van der Waals surface area contributed by atoms with Crippen molar-refractivity contribution in [3.63, 3.8) is 0 Å². The number of carbonyl (C=O) groups is 1. The second kappa shape index (κ2) is 5.49. The highest BCUT2D eigenvalue weighted by molar-refractivity contribution is 14.1. The van der Waals surface area contributed by atoms with Crippen LogP contribution in [-0.2, 0) is 0 Å². The third kappa shape index (κ3) is 3.26. The average Bonchev–Trinajstić information content (AvgIpc) is 2.30. The molecule has 1 saturated heterocycles. The van der Waals surface area contributed by atoms with Crippen LogP contribution in [0.3, 0.4) is 0 Å². The molecule has 0 atom stereocenters. The van der Waals surface area contributed by atoms with E-state index >= 15 is 0 Å². The van der Waals surface area contributed by atoms with Gasteiger partial charge in [-0.1, -0.05) is 13.8 Å². The summed E-state index contributed by atoms with van der Waals surface area (Å²) in [6.45, 7) is 6.19. The molecule has 2 nitrogen and oxygen atoms in total. The van der Waals surface area contributed by atoms with E-state index in [0.717, 1.165) is 33.1 Å². The van der Waals surface area contributed by atoms with E-state index in [1.54, 1.807) is 0 Å². The maximum absolute atomic E-state index is 12.6. The van der Waals surface area contributed by atoms with Gasteiger partial charge >= 0.3 is 0 Å². The summed E-state index contributed by atoms with van der Waals surface area (Å²) in [6, 6.07) is 5.90. The maximum atomic E-state index is 12.6. The highest BCUT2D eigenvalue weighted by atomic mass is 127. The van der Waals surface area contributed by atoms with Gasteiger partial charge in [0.15, 0.2) is 0 Å². The summed E-state index contributed by atoms with van der Waals surface area (Å²) in [5.41, 5.74) is 1.02. The van der Waals surface area contributed by atoms with Gasteiger partial charge < -0.3 is 4.90 Å². The van der Waals surface area contributed by atoms with Crippen LogP contribution in [0.4, 0.5) is 0 Å². The van der Waals surface area contributed by atoms with E-state index in [2.05, 4.69) is 52.4 Å². The maximum Gasteiger partial charge on any atom is 0.255 e. The molecule has 0 unspecified atom stereocenters. The molecule has 2 rings (SSSR count). The number of piperidine rings is 1. The number of amides is 1. The molecule has 0 spiro atoms. The van der Waals surface area contributed by atoms with Crippen molar-refractivity contribution in [2.45, 2.75) is 26.7 Å². The molecule has 0 bridgehead atoms. The SMILES string of the molecule is CC1(C)CCCN(C(=O)c2cc(I)ccc2Br)C1. The Morgan fingerprint density at radius 3 is 2.83 bits per heavy atom. The van der Waals surface area contributed by atoms with Gasteiger partial charge in [0.25, 0.3) is 5.91 Å². The predicted molar refractivity (Wildman–Crippen MR) is 85.8 cm³/mol. The lowest BCUT2D eigenvalue weighted by Crippen LogP contribution is -2.43. The number of rotatable bonds is 1. The minimum absolute atomic E-state index is 0.146. The highest BCUT2D eigenvalue weighted by Gasteiger charge is 2.30. The lowest BCUT2D eigenvalue weighted by molar-refractivity contribution is 0.0582. The standard InChI is InChI=1S/C14H17BrINO/c1-14(2)6-3-7-17(9-14)13(18)11-8-10(16)4-5-12(11)15/h4-5,8H,3,6-7,9H2,1-2H3. The molecule has 98 valence electrons. The molecule has 1 amide bonds. The van der Waals surface area contributed by atoms with Crippen LogP contribution in [0.2, 0.25) is 0 Å². The van der Waals surface area contributed by atoms with Gasteiger partial charge in [0.2, 0.25) is 0 Å². The Kier molecular flexibility index (Phi) is 4.36. The van der Waals surface area contributed by atoms with Crippen molar-refractivity contribution < 1.29 is 4.79 Å². The van der Waals surface area contributed by atoms with Crippen LogP contribution >= 0.6 is 38.5 Å². The third-order valence-electron chi connectivity index (χ3n) is 3.35. The number of hydrogen-bond donors (Lipinski definition) is 0. The fourth-order valence-electron chi connectivity index (χ4n) is 2.43. The van der Waals surface area contributed by atoms with Crippen LogP contribution < -0.4 is 0 Å². The summed E-state index contributed by atoms with van der Waals surface area (Å²) in [4.78, 5) is 14.5. The fourth-order valence-corrected chi connectivity index (χ4v) is 3.34. The second-order valence-corrected chi connectivity index (χ2v) is 7.72. The first-order valence-corrected chi connectivity index (χ1v) is 8.01. The topological polar surface area (TPSA) is 20.3 Å². The minimum Gasteiger partial charge on any atom is -0.338 e. The molecule has 1 heterocycles. The normalized spacial score (nSPS) is 18.8. The van der Waals surface area contributed by atoms with E-state index in [4.69, 9.17) is 0 Å². The molecule has 1 aromatic carbocycles. The predicted octanol–water partition coefficient (Wildman–Crippen LogP) is 4.32. The Labute approximate surface area is 130 Å². The largest absolute Gasteiger partial charge is 0.338 e. The first-order valence-electron chi connectivity index (χ1n) is 6.13. The Morgan fingerprint density at radius 2 is 2.17 bits per heavy atom. The quantitative estimate of drug-likeness (QED) is 0.618. The first kappa shape index (κ1) is 14.3. The van der Waals surface area contributed by atoms with Crippen LogP contribution in [0.5, 0.6) is 0 Å². The van der Waals surface area contributed by atoms with Gasteiger partial charge in [-0.15, -0.1) is 0 Å². The molecule has 4 heteroatoms. The number of nitrogens with zero attached hydrogens (tertiary/aromatic N) is 1. The summed E-state index contributed by atoms with van der Waals surface area (Å²) in [6.07, 6.45) is 2.30. The van der Waals surface area contributed by atoms with Crippen LogP contribution in [-0.4, -0.2) is 23.9 Å². The van der Waals surface area contributed by atoms with E-state index in [9.17, 15) is 4.79 Å². The van der Waals surface area contributed by atoms with E-state index < -0.39 is 0 Å². The van der Waals surface area contributed by atoms with Gasteiger partial charge in [-0.05, 0) is 75.0 Å². The van der Waals surface area contributed by atoms with Crippen molar-refractivity contribution in [3.05, 3.63) is 31.8 Å². The molecule has 0 saturated carbocycles. The third-order valence-corrected chi connectivity index (χ3v) is 4.71. The fraction of sp³-hybridized carbons (Fsp3) is 0.500. The summed E-state index contributed by atoms with van der Waals surface area (Å²) in [5, 5.41) is 0. The molecule has 18 heavy (non-hydrogen) atoms. The summed E-state index contributed by atoms with van der Waals surface area (Å²) >= 11 is 5.72. The number of halogens is 2. The molecule has 1 fully saturated rings. The number of likely N-dealkylation sites (tertiary alicyclic amines) is 1. The van der Waals surface area contributed by atoms with Crippen LogP contribution in [0.25, 0.3) is 0 Å². The summed E-state index contributed by atoms with van der Waals surface area (Å²) in [7, 11) is 0. The molecule has 0 N–H and O–H groups in total. The van der Waals surface area contributed by atoms with Crippen LogP contribution in [0.15, 0.2) is 22.7 Å². The number of benzene rings is 1. The second-order valence-electron chi connectivity index (χ2n) is 5.62. The first-order chi connectivity index (χ1) is 8.39. The van der Waals surface area contributed by atoms with E-state index in [-0.39, 0.29) is 11.3 Å². The van der Waals surface area contributed by atoms with Crippen molar-refractivity contribution in [1.82, 2.24) is 4.90 Å². The molecule has 0 radical (unpaired) electrons. The van der Waals surface area contributed by atoms with Crippen LogP contribution in [0.1, 0.15) is 37.0 Å². The molecule has 1 aromatic rings. The summed E-state index contributed by atoms with van der Waals surface area (Å²) < 4.78 is 1.98. The van der Waals surface area contributed by atoms with Gasteiger partial charge in [0, 0.05) is 21.1 Å². The van der Waals surface area contributed by atoms with Gasteiger partial charge in [0.1, 0.15) is 0 Å². The molecule has 0 aromatic heterocycles. The molecule has 1 aliphatic rings. The monoisotopic (exact) mass is 421 g/mol. The number of hydrogen-bond acceptors (Lipinski definition) is 1. The van der Waals surface area contributed by atoms with Gasteiger partial charge in [-0.3, -0.25) is 4.79 Å². The van der Waals surface area contributed by atoms with Crippen LogP contribution in [0, 0.1) is 8.99 Å². The van der Waals surface area contributed by atoms with Crippen molar-refractivity contribution in [1.29, 1.82) is 0 Å². The number of carbonyl (C=O) groups excluding carboxylic acids is 1. The zero-order valence-corrected chi connectivity index (χ0v) is 14.4. The Balaban J connectivity index is 2.23. The Morgan fingerprint density at radius 1 is 1.44 bits per heavy atom. The Bertz CT molecular complexity index is 473. The van der Waals surface area contributed by atoms with Crippen molar-refractivity contribution in [2.24, 2.45) is 5.41 Å². The van der Waals surface area contributed by atoms with Gasteiger partial charge in [-0.25, -0.2) is 0 Å². The van der Waals surface area contributed by atoms with Crippen molar-refractivity contribution in [2.75, 3.05) is 13.1 Å². The average molecular weight is 422 g/mol.